The number of carbonyl (C=O) groups is 1. The summed E-state index contributed by atoms with van der Waals surface area (Å²) in [7, 11) is 0. The van der Waals surface area contributed by atoms with Crippen LogP contribution < -0.4 is 21.1 Å². The minimum Gasteiger partial charge on any atom is -0.378 e. The molecule has 2 N–H and O–H groups in total. The maximum atomic E-state index is 12.2. The summed E-state index contributed by atoms with van der Waals surface area (Å²) in [5, 5.41) is 9.91. The predicted octanol–water partition coefficient (Wildman–Crippen LogP) is 1.56. The summed E-state index contributed by atoms with van der Waals surface area (Å²) in [6, 6.07) is 12.0. The molecule has 1 saturated heterocycles. The molecule has 2 aromatic heterocycles. The Labute approximate surface area is 178 Å². The molecule has 1 aliphatic rings. The van der Waals surface area contributed by atoms with E-state index < -0.39 is 0 Å². The van der Waals surface area contributed by atoms with Crippen LogP contribution in [0.2, 0.25) is 0 Å². The van der Waals surface area contributed by atoms with Gasteiger partial charge >= 0.3 is 0 Å². The van der Waals surface area contributed by atoms with E-state index in [9.17, 15) is 9.59 Å². The molecule has 10 nitrogen and oxygen atoms in total. The normalized spacial score (nSPS) is 13.6. The highest BCUT2D eigenvalue weighted by Crippen LogP contribution is 2.22. The van der Waals surface area contributed by atoms with Crippen LogP contribution in [0.4, 0.5) is 23.0 Å². The zero-order chi connectivity index (χ0) is 21.6. The van der Waals surface area contributed by atoms with E-state index in [1.54, 1.807) is 12.1 Å². The van der Waals surface area contributed by atoms with Crippen molar-refractivity contribution in [2.24, 2.45) is 0 Å². The van der Waals surface area contributed by atoms with Gasteiger partial charge in [-0.15, -0.1) is 0 Å². The Morgan fingerprint density at radius 2 is 1.84 bits per heavy atom. The topological polar surface area (TPSA) is 114 Å². The highest BCUT2D eigenvalue weighted by atomic mass is 16.5. The predicted molar refractivity (Wildman–Crippen MR) is 117 cm³/mol. The molecule has 10 heteroatoms. The van der Waals surface area contributed by atoms with Crippen molar-refractivity contribution in [2.75, 3.05) is 41.8 Å². The SMILES string of the molecule is Cc1nc(Nc2ccc(NC(=O)Cn3ncccc3=O)cc2)cc(N2CCOCC2)n1. The fraction of sp³-hybridized carbons (Fsp3) is 0.286. The third kappa shape index (κ3) is 5.43. The van der Waals surface area contributed by atoms with Gasteiger partial charge in [-0.05, 0) is 37.3 Å². The van der Waals surface area contributed by atoms with Crippen molar-refractivity contribution in [1.82, 2.24) is 19.7 Å². The van der Waals surface area contributed by atoms with Crippen LogP contribution in [0, 0.1) is 6.92 Å². The van der Waals surface area contributed by atoms with Crippen LogP contribution in [0.15, 0.2) is 53.5 Å². The lowest BCUT2D eigenvalue weighted by Gasteiger charge is -2.28. The second-order valence-electron chi connectivity index (χ2n) is 7.03. The molecule has 1 fully saturated rings. The highest BCUT2D eigenvalue weighted by Gasteiger charge is 2.14. The average Bonchev–Trinajstić information content (AvgIpc) is 2.77. The molecule has 1 amide bonds. The van der Waals surface area contributed by atoms with Gasteiger partial charge in [-0.1, -0.05) is 0 Å². The number of anilines is 4. The number of carbonyl (C=O) groups excluding carboxylic acids is 1. The van der Waals surface area contributed by atoms with Gasteiger partial charge in [0.05, 0.1) is 13.2 Å². The summed E-state index contributed by atoms with van der Waals surface area (Å²) in [5.74, 6) is 1.91. The third-order valence-electron chi connectivity index (χ3n) is 4.68. The summed E-state index contributed by atoms with van der Waals surface area (Å²) < 4.78 is 6.51. The molecule has 0 radical (unpaired) electrons. The standard InChI is InChI=1S/C21H23N7O3/c1-15-23-18(13-19(24-15)27-9-11-31-12-10-27)25-16-4-6-17(7-5-16)26-20(29)14-28-21(30)3-2-8-22-28/h2-8,13H,9-12,14H2,1H3,(H,26,29)(H,23,24,25). The molecule has 4 rings (SSSR count). The molecular weight excluding hydrogens is 398 g/mol. The van der Waals surface area contributed by atoms with Crippen LogP contribution in [0.3, 0.4) is 0 Å². The Kier molecular flexibility index (Phi) is 6.18. The number of aryl methyl sites for hydroxylation is 1. The van der Waals surface area contributed by atoms with Crippen LogP contribution in [0.25, 0.3) is 0 Å². The van der Waals surface area contributed by atoms with Crippen LogP contribution in [-0.4, -0.2) is 52.0 Å². The fourth-order valence-electron chi connectivity index (χ4n) is 3.20. The maximum absolute atomic E-state index is 12.2. The van der Waals surface area contributed by atoms with Crippen molar-refractivity contribution in [3.05, 3.63) is 64.8 Å². The van der Waals surface area contributed by atoms with Gasteiger partial charge in [0.15, 0.2) is 0 Å². The summed E-state index contributed by atoms with van der Waals surface area (Å²) in [6.45, 7) is 4.69. The number of aromatic nitrogens is 4. The number of amides is 1. The first kappa shape index (κ1) is 20.5. The quantitative estimate of drug-likeness (QED) is 0.616. The molecule has 160 valence electrons. The van der Waals surface area contributed by atoms with Gasteiger partial charge in [-0.3, -0.25) is 9.59 Å². The summed E-state index contributed by atoms with van der Waals surface area (Å²) in [4.78, 5) is 35.0. The molecule has 0 bridgehead atoms. The Morgan fingerprint density at radius 3 is 2.58 bits per heavy atom. The van der Waals surface area contributed by atoms with Crippen LogP contribution in [0.5, 0.6) is 0 Å². The number of morpholine rings is 1. The lowest BCUT2D eigenvalue weighted by atomic mass is 10.2. The van der Waals surface area contributed by atoms with E-state index in [4.69, 9.17) is 4.74 Å². The minimum atomic E-state index is -0.330. The number of nitrogens with one attached hydrogen (secondary N) is 2. The highest BCUT2D eigenvalue weighted by molar-refractivity contribution is 5.90. The van der Waals surface area contributed by atoms with Crippen molar-refractivity contribution in [3.63, 3.8) is 0 Å². The molecule has 0 aliphatic carbocycles. The maximum Gasteiger partial charge on any atom is 0.267 e. The molecule has 0 unspecified atom stereocenters. The van der Waals surface area contributed by atoms with E-state index in [0.717, 1.165) is 29.3 Å². The van der Waals surface area contributed by atoms with E-state index in [1.165, 1.54) is 18.3 Å². The van der Waals surface area contributed by atoms with Crippen LogP contribution in [0.1, 0.15) is 5.82 Å². The molecule has 3 heterocycles. The number of rotatable bonds is 6. The van der Waals surface area contributed by atoms with Crippen molar-refractivity contribution in [2.45, 2.75) is 13.5 Å². The number of hydrogen-bond acceptors (Lipinski definition) is 8. The van der Waals surface area contributed by atoms with E-state index in [2.05, 4.69) is 30.6 Å². The fourth-order valence-corrected chi connectivity index (χ4v) is 3.20. The summed E-state index contributed by atoms with van der Waals surface area (Å²) >= 11 is 0. The van der Waals surface area contributed by atoms with Gasteiger partial charge in [-0.2, -0.15) is 5.10 Å². The van der Waals surface area contributed by atoms with Gasteiger partial charge in [0.25, 0.3) is 5.56 Å². The summed E-state index contributed by atoms with van der Waals surface area (Å²) in [5.41, 5.74) is 1.12. The Balaban J connectivity index is 1.39. The van der Waals surface area contributed by atoms with E-state index >= 15 is 0 Å². The Hall–Kier alpha value is -3.79. The zero-order valence-corrected chi connectivity index (χ0v) is 17.1. The number of benzene rings is 1. The lowest BCUT2D eigenvalue weighted by molar-refractivity contribution is -0.117. The average molecular weight is 421 g/mol. The van der Waals surface area contributed by atoms with Gasteiger partial charge in [0.1, 0.15) is 24.0 Å². The van der Waals surface area contributed by atoms with E-state index in [-0.39, 0.29) is 18.0 Å². The first-order valence-electron chi connectivity index (χ1n) is 9.94. The van der Waals surface area contributed by atoms with Crippen molar-refractivity contribution in [3.8, 4) is 0 Å². The second kappa shape index (κ2) is 9.35. The second-order valence-corrected chi connectivity index (χ2v) is 7.03. The van der Waals surface area contributed by atoms with E-state index in [0.29, 0.717) is 30.5 Å². The van der Waals surface area contributed by atoms with Crippen molar-refractivity contribution in [1.29, 1.82) is 0 Å². The van der Waals surface area contributed by atoms with Gasteiger partial charge in [0.2, 0.25) is 5.91 Å². The molecule has 0 spiro atoms. The van der Waals surface area contributed by atoms with Crippen molar-refractivity contribution < 1.29 is 9.53 Å². The Bertz CT molecular complexity index is 1110. The molecule has 0 atom stereocenters. The minimum absolute atomic E-state index is 0.149. The zero-order valence-electron chi connectivity index (χ0n) is 17.1. The smallest absolute Gasteiger partial charge is 0.267 e. The first-order chi connectivity index (χ1) is 15.1. The third-order valence-corrected chi connectivity index (χ3v) is 4.68. The Morgan fingerprint density at radius 1 is 1.10 bits per heavy atom. The van der Waals surface area contributed by atoms with Crippen LogP contribution in [-0.2, 0) is 16.1 Å². The molecule has 3 aromatic rings. The van der Waals surface area contributed by atoms with Crippen molar-refractivity contribution >= 4 is 28.9 Å². The molecule has 0 saturated carbocycles. The number of ether oxygens (including phenoxy) is 1. The first-order valence-corrected chi connectivity index (χ1v) is 9.94. The molecular formula is C21H23N7O3. The van der Waals surface area contributed by atoms with Gasteiger partial charge in [-0.25, -0.2) is 14.6 Å². The number of nitrogens with zero attached hydrogens (tertiary/aromatic N) is 5. The largest absolute Gasteiger partial charge is 0.378 e. The van der Waals surface area contributed by atoms with Crippen LogP contribution >= 0.6 is 0 Å². The molecule has 1 aromatic carbocycles. The van der Waals surface area contributed by atoms with Gasteiger partial charge < -0.3 is 20.3 Å². The molecule has 1 aliphatic heterocycles. The lowest BCUT2D eigenvalue weighted by Crippen LogP contribution is -2.36. The number of hydrogen-bond donors (Lipinski definition) is 2. The van der Waals surface area contributed by atoms with Gasteiger partial charge in [0, 0.05) is 42.8 Å². The van der Waals surface area contributed by atoms with E-state index in [1.807, 2.05) is 25.1 Å². The summed E-state index contributed by atoms with van der Waals surface area (Å²) in [6.07, 6.45) is 1.47. The monoisotopic (exact) mass is 421 g/mol. The molecule has 31 heavy (non-hydrogen) atoms.